The van der Waals surface area contributed by atoms with Crippen molar-refractivity contribution in [1.29, 1.82) is 0 Å². The monoisotopic (exact) mass is 246 g/mol. The lowest BCUT2D eigenvalue weighted by atomic mass is 10.1. The van der Waals surface area contributed by atoms with Gasteiger partial charge in [0.1, 0.15) is 0 Å². The Morgan fingerprint density at radius 1 is 0.944 bits per heavy atom. The summed E-state index contributed by atoms with van der Waals surface area (Å²) < 4.78 is 5.69. The molecule has 2 aliphatic rings. The molecule has 0 bridgehead atoms. The van der Waals surface area contributed by atoms with Crippen molar-refractivity contribution >= 4 is 0 Å². The third-order valence-electron chi connectivity index (χ3n) is 3.98. The lowest BCUT2D eigenvalue weighted by Gasteiger charge is -2.44. The molecule has 0 aromatic heterocycles. The quantitative estimate of drug-likeness (QED) is 0.797. The van der Waals surface area contributed by atoms with Crippen molar-refractivity contribution < 1.29 is 4.74 Å². The molecule has 1 unspecified atom stereocenters. The van der Waals surface area contributed by atoms with Gasteiger partial charge in [0, 0.05) is 19.6 Å². The van der Waals surface area contributed by atoms with Crippen LogP contribution in [0, 0.1) is 0 Å². The Balaban J connectivity index is 1.77. The van der Waals surface area contributed by atoms with Crippen molar-refractivity contribution in [1.82, 2.24) is 10.0 Å². The zero-order chi connectivity index (χ0) is 12.2. The first-order valence-corrected chi connectivity index (χ1v) is 7.09. The van der Waals surface area contributed by atoms with E-state index in [0.29, 0.717) is 6.04 Å². The predicted molar refractivity (Wildman–Crippen MR) is 72.1 cm³/mol. The molecular formula is C15H22N2O. The summed E-state index contributed by atoms with van der Waals surface area (Å²) in [4.78, 5) is 0. The van der Waals surface area contributed by atoms with Crippen molar-refractivity contribution in [3.8, 4) is 0 Å². The van der Waals surface area contributed by atoms with E-state index in [-0.39, 0.29) is 0 Å². The SMILES string of the molecule is c1ccc(C2COCCN2N2CCCCC2)cc1. The first-order chi connectivity index (χ1) is 8.95. The summed E-state index contributed by atoms with van der Waals surface area (Å²) in [6.45, 7) is 5.13. The number of benzene rings is 1. The maximum Gasteiger partial charge on any atom is 0.0730 e. The van der Waals surface area contributed by atoms with Crippen LogP contribution in [0.5, 0.6) is 0 Å². The fourth-order valence-corrected chi connectivity index (χ4v) is 3.01. The highest BCUT2D eigenvalue weighted by molar-refractivity contribution is 5.19. The van der Waals surface area contributed by atoms with Crippen LogP contribution < -0.4 is 0 Å². The van der Waals surface area contributed by atoms with Crippen molar-refractivity contribution in [2.45, 2.75) is 25.3 Å². The summed E-state index contributed by atoms with van der Waals surface area (Å²) in [6.07, 6.45) is 4.05. The topological polar surface area (TPSA) is 15.7 Å². The van der Waals surface area contributed by atoms with E-state index in [0.717, 1.165) is 19.8 Å². The van der Waals surface area contributed by atoms with Crippen molar-refractivity contribution in [3.63, 3.8) is 0 Å². The maximum absolute atomic E-state index is 5.69. The van der Waals surface area contributed by atoms with E-state index in [2.05, 4.69) is 40.3 Å². The third kappa shape index (κ3) is 2.58. The summed E-state index contributed by atoms with van der Waals surface area (Å²) in [6, 6.07) is 11.2. The second kappa shape index (κ2) is 5.83. The summed E-state index contributed by atoms with van der Waals surface area (Å²) in [7, 11) is 0. The largest absolute Gasteiger partial charge is 0.378 e. The Kier molecular flexibility index (Phi) is 3.93. The summed E-state index contributed by atoms with van der Waals surface area (Å²) in [5.41, 5.74) is 1.38. The zero-order valence-corrected chi connectivity index (χ0v) is 10.9. The number of piperidine rings is 1. The number of ether oxygens (including phenoxy) is 1. The van der Waals surface area contributed by atoms with E-state index >= 15 is 0 Å². The van der Waals surface area contributed by atoms with E-state index in [9.17, 15) is 0 Å². The molecule has 0 aliphatic carbocycles. The third-order valence-corrected chi connectivity index (χ3v) is 3.98. The molecule has 18 heavy (non-hydrogen) atoms. The average molecular weight is 246 g/mol. The van der Waals surface area contributed by atoms with E-state index < -0.39 is 0 Å². The Morgan fingerprint density at radius 2 is 1.72 bits per heavy atom. The van der Waals surface area contributed by atoms with Gasteiger partial charge in [-0.1, -0.05) is 36.8 Å². The average Bonchev–Trinajstić information content (AvgIpc) is 2.49. The smallest absolute Gasteiger partial charge is 0.0730 e. The van der Waals surface area contributed by atoms with Crippen LogP contribution in [0.25, 0.3) is 0 Å². The first-order valence-electron chi connectivity index (χ1n) is 7.09. The van der Waals surface area contributed by atoms with Crippen LogP contribution in [0.4, 0.5) is 0 Å². The van der Waals surface area contributed by atoms with Gasteiger partial charge in [-0.05, 0) is 18.4 Å². The minimum atomic E-state index is 0.401. The molecule has 2 fully saturated rings. The fraction of sp³-hybridized carbons (Fsp3) is 0.600. The Labute approximate surface area is 109 Å². The number of morpholine rings is 1. The van der Waals surface area contributed by atoms with Crippen LogP contribution in [0.1, 0.15) is 30.9 Å². The van der Waals surface area contributed by atoms with Gasteiger partial charge in [0.2, 0.25) is 0 Å². The van der Waals surface area contributed by atoms with Gasteiger partial charge in [-0.2, -0.15) is 0 Å². The molecule has 2 heterocycles. The van der Waals surface area contributed by atoms with Crippen LogP contribution >= 0.6 is 0 Å². The van der Waals surface area contributed by atoms with Gasteiger partial charge in [-0.15, -0.1) is 0 Å². The van der Waals surface area contributed by atoms with Crippen LogP contribution in [-0.4, -0.2) is 42.9 Å². The molecule has 2 saturated heterocycles. The lowest BCUT2D eigenvalue weighted by Crippen LogP contribution is -2.52. The fourth-order valence-electron chi connectivity index (χ4n) is 3.01. The second-order valence-corrected chi connectivity index (χ2v) is 5.18. The van der Waals surface area contributed by atoms with Crippen molar-refractivity contribution in [2.24, 2.45) is 0 Å². The van der Waals surface area contributed by atoms with E-state index in [1.165, 1.54) is 37.9 Å². The predicted octanol–water partition coefficient (Wildman–Crippen LogP) is 2.46. The minimum absolute atomic E-state index is 0.401. The van der Waals surface area contributed by atoms with Gasteiger partial charge in [0.25, 0.3) is 0 Å². The Hall–Kier alpha value is -0.900. The molecule has 98 valence electrons. The van der Waals surface area contributed by atoms with Crippen LogP contribution in [0.15, 0.2) is 30.3 Å². The highest BCUT2D eigenvalue weighted by Gasteiger charge is 2.29. The van der Waals surface area contributed by atoms with Gasteiger partial charge in [0.05, 0.1) is 19.3 Å². The number of hydrazine groups is 1. The van der Waals surface area contributed by atoms with E-state index in [1.807, 2.05) is 0 Å². The second-order valence-electron chi connectivity index (χ2n) is 5.18. The van der Waals surface area contributed by atoms with Crippen molar-refractivity contribution in [2.75, 3.05) is 32.8 Å². The maximum atomic E-state index is 5.69. The molecule has 1 aromatic carbocycles. The van der Waals surface area contributed by atoms with Crippen LogP contribution in [0.2, 0.25) is 0 Å². The molecule has 1 atom stereocenters. The normalized spacial score (nSPS) is 27.2. The zero-order valence-electron chi connectivity index (χ0n) is 10.9. The van der Waals surface area contributed by atoms with Gasteiger partial charge < -0.3 is 4.74 Å². The molecule has 3 heteroatoms. The Morgan fingerprint density at radius 3 is 2.50 bits per heavy atom. The van der Waals surface area contributed by atoms with E-state index in [4.69, 9.17) is 4.74 Å². The molecule has 2 aliphatic heterocycles. The number of nitrogens with zero attached hydrogens (tertiary/aromatic N) is 2. The van der Waals surface area contributed by atoms with Gasteiger partial charge in [-0.3, -0.25) is 0 Å². The van der Waals surface area contributed by atoms with Crippen LogP contribution in [0.3, 0.4) is 0 Å². The molecule has 0 spiro atoms. The van der Waals surface area contributed by atoms with Gasteiger partial charge in [0.15, 0.2) is 0 Å². The standard InChI is InChI=1S/C15H22N2O/c1-3-7-14(8-4-1)15-13-18-12-11-17(15)16-9-5-2-6-10-16/h1,3-4,7-8,15H,2,5-6,9-13H2. The molecule has 3 rings (SSSR count). The summed E-state index contributed by atoms with van der Waals surface area (Å²) in [5.74, 6) is 0. The van der Waals surface area contributed by atoms with E-state index in [1.54, 1.807) is 0 Å². The lowest BCUT2D eigenvalue weighted by molar-refractivity contribution is -0.137. The number of hydrogen-bond acceptors (Lipinski definition) is 3. The molecule has 0 radical (unpaired) electrons. The number of rotatable bonds is 2. The molecule has 3 nitrogen and oxygen atoms in total. The molecular weight excluding hydrogens is 224 g/mol. The first kappa shape index (κ1) is 12.2. The van der Waals surface area contributed by atoms with Gasteiger partial charge >= 0.3 is 0 Å². The van der Waals surface area contributed by atoms with Crippen LogP contribution in [-0.2, 0) is 4.74 Å². The minimum Gasteiger partial charge on any atom is -0.378 e. The molecule has 1 aromatic rings. The van der Waals surface area contributed by atoms with Crippen molar-refractivity contribution in [3.05, 3.63) is 35.9 Å². The Bertz CT molecular complexity index is 362. The highest BCUT2D eigenvalue weighted by atomic mass is 16.5. The molecule has 0 saturated carbocycles. The summed E-state index contributed by atoms with van der Waals surface area (Å²) >= 11 is 0. The highest BCUT2D eigenvalue weighted by Crippen LogP contribution is 2.27. The van der Waals surface area contributed by atoms with Gasteiger partial charge in [-0.25, -0.2) is 10.0 Å². The molecule has 0 N–H and O–H groups in total. The number of hydrogen-bond donors (Lipinski definition) is 0. The molecule has 0 amide bonds. The summed E-state index contributed by atoms with van der Waals surface area (Å²) in [5, 5.41) is 5.08.